The van der Waals surface area contributed by atoms with Crippen LogP contribution in [0, 0.1) is 34.5 Å². The number of halogens is 1. The highest BCUT2D eigenvalue weighted by Gasteiger charge is 2.30. The number of nitrogens with one attached hydrogen (secondary N) is 2. The van der Waals surface area contributed by atoms with Gasteiger partial charge in [-0.3, -0.25) is 9.59 Å². The fourth-order valence-electron chi connectivity index (χ4n) is 5.90. The molecule has 0 radical (unpaired) electrons. The molecule has 2 aromatic heterocycles. The first-order valence-electron chi connectivity index (χ1n) is 19.7. The Kier molecular flexibility index (Phi) is 18.1. The molecule has 0 aliphatic carbocycles. The molecule has 0 spiro atoms. The molecule has 328 valence electrons. The van der Waals surface area contributed by atoms with E-state index >= 15 is 0 Å². The van der Waals surface area contributed by atoms with Crippen molar-refractivity contribution in [2.75, 3.05) is 25.5 Å². The Morgan fingerprint density at radius 1 is 0.855 bits per heavy atom. The zero-order valence-electron chi connectivity index (χ0n) is 35.0. The second kappa shape index (κ2) is 23.2. The molecule has 2 amide bonds. The van der Waals surface area contributed by atoms with Crippen LogP contribution in [-0.4, -0.2) is 77.7 Å². The van der Waals surface area contributed by atoms with E-state index in [2.05, 4.69) is 32.7 Å². The smallest absolute Gasteiger partial charge is 0.329 e. The number of hydrogen-bond acceptors (Lipinski definition) is 16. The Bertz CT molecular complexity index is 2270. The summed E-state index contributed by atoms with van der Waals surface area (Å²) in [6.45, 7) is 7.85. The van der Waals surface area contributed by atoms with Crippen molar-refractivity contribution in [1.29, 1.82) is 10.5 Å². The lowest BCUT2D eigenvalue weighted by Gasteiger charge is -2.25. The molecule has 0 bridgehead atoms. The van der Waals surface area contributed by atoms with E-state index in [0.717, 1.165) is 5.56 Å². The van der Waals surface area contributed by atoms with E-state index in [9.17, 15) is 29.7 Å². The number of nitrogen functional groups attached to an aromatic ring is 1. The van der Waals surface area contributed by atoms with Crippen molar-refractivity contribution in [1.82, 2.24) is 20.6 Å². The van der Waals surface area contributed by atoms with E-state index in [0.29, 0.717) is 22.2 Å². The standard InChI is InChI=1S/C43H50ClN9O8S/c1-23(2)14-34(51-36(54)18-47)42(56)60-21-31(61-43(57)35(15-24(3)4)52-39(55)25(5)48)20-58-30-12-8-26(9-13-30)37-32(16-45)38(49)53-41(33(37)17-46)62-22-29-19-59-40(50-29)27-6-10-28(44)11-7-27/h6-13,19,23-25,31,34-35H,14-15,18,20-22,47-48H2,1-5H3,(H2,49,53)(H,51,54)(H,52,55)/t25-,31-,34-,35-/m0/s1. The summed E-state index contributed by atoms with van der Waals surface area (Å²) in [7, 11) is 0. The average molecular weight is 888 g/mol. The summed E-state index contributed by atoms with van der Waals surface area (Å²) in [6, 6.07) is 14.7. The van der Waals surface area contributed by atoms with Crippen LogP contribution in [0.4, 0.5) is 5.82 Å². The minimum atomic E-state index is -1.18. The van der Waals surface area contributed by atoms with Gasteiger partial charge in [-0.2, -0.15) is 10.5 Å². The number of thioether (sulfide) groups is 1. The molecule has 4 aromatic rings. The summed E-state index contributed by atoms with van der Waals surface area (Å²) in [4.78, 5) is 60.2. The van der Waals surface area contributed by atoms with Crippen molar-refractivity contribution in [2.45, 2.75) is 82.5 Å². The van der Waals surface area contributed by atoms with Gasteiger partial charge in [0.2, 0.25) is 17.7 Å². The van der Waals surface area contributed by atoms with Crippen LogP contribution in [-0.2, 0) is 34.4 Å². The molecule has 0 saturated heterocycles. The van der Waals surface area contributed by atoms with Gasteiger partial charge in [0, 0.05) is 21.9 Å². The number of nitriles is 2. The predicted octanol–water partition coefficient (Wildman–Crippen LogP) is 4.88. The second-order valence-corrected chi connectivity index (χ2v) is 16.4. The first-order valence-corrected chi connectivity index (χ1v) is 21.0. The average Bonchev–Trinajstić information content (AvgIpc) is 3.72. The highest BCUT2D eigenvalue weighted by atomic mass is 35.5. The SMILES string of the molecule is CC(C)C[C@H](NC(=O)CN)C(=O)OC[C@H](COc1ccc(-c2c(C#N)c(N)nc(SCc3coc(-c4ccc(Cl)cc4)n3)c2C#N)cc1)OC(=O)[C@H](CC(C)C)NC(=O)[C@H](C)N. The topological polar surface area (TPSA) is 285 Å². The van der Waals surface area contributed by atoms with Gasteiger partial charge in [-0.15, -0.1) is 0 Å². The first-order chi connectivity index (χ1) is 29.5. The third-order valence-corrected chi connectivity index (χ3v) is 10.2. The minimum absolute atomic E-state index is 0.00492. The van der Waals surface area contributed by atoms with Gasteiger partial charge in [0.15, 0.2) is 6.10 Å². The molecule has 19 heteroatoms. The van der Waals surface area contributed by atoms with Crippen molar-refractivity contribution in [2.24, 2.45) is 23.3 Å². The number of carbonyl (C=O) groups excluding carboxylic acids is 4. The molecule has 4 rings (SSSR count). The number of oxazole rings is 1. The number of nitrogens with zero attached hydrogens (tertiary/aromatic N) is 4. The number of hydrogen-bond donors (Lipinski definition) is 5. The molecule has 17 nitrogen and oxygen atoms in total. The quantitative estimate of drug-likeness (QED) is 0.0551. The predicted molar refractivity (Wildman–Crippen MR) is 232 cm³/mol. The molecule has 4 atom stereocenters. The monoisotopic (exact) mass is 887 g/mol. The van der Waals surface area contributed by atoms with Gasteiger partial charge >= 0.3 is 11.9 Å². The summed E-state index contributed by atoms with van der Waals surface area (Å²) in [5.74, 6) is -1.81. The number of esters is 2. The van der Waals surface area contributed by atoms with Crippen LogP contribution in [0.1, 0.15) is 64.3 Å². The number of carbonyl (C=O) groups is 4. The zero-order valence-corrected chi connectivity index (χ0v) is 36.5. The Hall–Kier alpha value is -6.18. The molecule has 62 heavy (non-hydrogen) atoms. The summed E-state index contributed by atoms with van der Waals surface area (Å²) in [6.07, 6.45) is 0.811. The van der Waals surface area contributed by atoms with E-state index in [1.54, 1.807) is 48.5 Å². The fraction of sp³-hybridized carbons (Fsp3) is 0.395. The van der Waals surface area contributed by atoms with Crippen LogP contribution in [0.3, 0.4) is 0 Å². The zero-order chi connectivity index (χ0) is 45.5. The molecule has 2 heterocycles. The van der Waals surface area contributed by atoms with Crippen molar-refractivity contribution >= 4 is 52.9 Å². The Labute approximate surface area is 369 Å². The Morgan fingerprint density at radius 3 is 2.05 bits per heavy atom. The van der Waals surface area contributed by atoms with Crippen LogP contribution < -0.4 is 32.6 Å². The number of benzene rings is 2. The maximum atomic E-state index is 13.5. The molecule has 0 unspecified atom stereocenters. The van der Waals surface area contributed by atoms with Crippen LogP contribution in [0.15, 0.2) is 64.2 Å². The largest absolute Gasteiger partial charge is 0.490 e. The summed E-state index contributed by atoms with van der Waals surface area (Å²) >= 11 is 7.20. The van der Waals surface area contributed by atoms with Gasteiger partial charge in [0.05, 0.1) is 23.8 Å². The lowest BCUT2D eigenvalue weighted by Crippen LogP contribution is -2.50. The molecule has 0 aliphatic heterocycles. The Balaban J connectivity index is 1.56. The van der Waals surface area contributed by atoms with Crippen LogP contribution in [0.5, 0.6) is 5.75 Å². The normalized spacial score (nSPS) is 13.0. The third-order valence-electron chi connectivity index (χ3n) is 8.92. The van der Waals surface area contributed by atoms with Gasteiger partial charge in [-0.25, -0.2) is 19.6 Å². The van der Waals surface area contributed by atoms with Crippen molar-refractivity contribution in [3.8, 4) is 40.5 Å². The number of ether oxygens (including phenoxy) is 3. The molecule has 0 aliphatic rings. The lowest BCUT2D eigenvalue weighted by atomic mass is 9.97. The van der Waals surface area contributed by atoms with Gasteiger partial charge in [0.1, 0.15) is 65.9 Å². The van der Waals surface area contributed by atoms with Crippen LogP contribution in [0.2, 0.25) is 5.02 Å². The summed E-state index contributed by atoms with van der Waals surface area (Å²) in [5, 5.41) is 26.5. The molecule has 2 aromatic carbocycles. The number of aromatic nitrogens is 2. The lowest BCUT2D eigenvalue weighted by molar-refractivity contribution is -0.164. The van der Waals surface area contributed by atoms with E-state index < -0.39 is 54.6 Å². The summed E-state index contributed by atoms with van der Waals surface area (Å²) in [5.41, 5.74) is 19.6. The Morgan fingerprint density at radius 2 is 1.47 bits per heavy atom. The van der Waals surface area contributed by atoms with Crippen molar-refractivity contribution < 1.29 is 37.8 Å². The van der Waals surface area contributed by atoms with Gasteiger partial charge in [-0.1, -0.05) is 63.2 Å². The van der Waals surface area contributed by atoms with Crippen LogP contribution in [0.25, 0.3) is 22.6 Å². The number of rotatable bonds is 21. The van der Waals surface area contributed by atoms with E-state index in [1.165, 1.54) is 24.9 Å². The second-order valence-electron chi connectivity index (χ2n) is 15.0. The van der Waals surface area contributed by atoms with Gasteiger partial charge in [0.25, 0.3) is 0 Å². The van der Waals surface area contributed by atoms with E-state index in [-0.39, 0.29) is 76.9 Å². The summed E-state index contributed by atoms with van der Waals surface area (Å²) < 4.78 is 23.0. The minimum Gasteiger partial charge on any atom is -0.490 e. The molecule has 0 saturated carbocycles. The number of amides is 2. The number of pyridine rings is 1. The molecular weight excluding hydrogens is 838 g/mol. The van der Waals surface area contributed by atoms with E-state index in [1.807, 2.05) is 27.7 Å². The van der Waals surface area contributed by atoms with Crippen LogP contribution >= 0.6 is 23.4 Å². The van der Waals surface area contributed by atoms with Crippen molar-refractivity contribution in [3.63, 3.8) is 0 Å². The number of anilines is 1. The van der Waals surface area contributed by atoms with Crippen molar-refractivity contribution in [3.05, 3.63) is 76.6 Å². The highest BCUT2D eigenvalue weighted by molar-refractivity contribution is 7.98. The molecule has 8 N–H and O–H groups in total. The van der Waals surface area contributed by atoms with Gasteiger partial charge in [-0.05, 0) is 73.6 Å². The third kappa shape index (κ3) is 13.9. The number of nitrogens with two attached hydrogens (primary N) is 3. The van der Waals surface area contributed by atoms with Gasteiger partial charge < -0.3 is 46.5 Å². The fourth-order valence-corrected chi connectivity index (χ4v) is 6.90. The highest BCUT2D eigenvalue weighted by Crippen LogP contribution is 2.37. The maximum Gasteiger partial charge on any atom is 0.329 e. The molecular formula is C43H50ClN9O8S. The first kappa shape index (κ1) is 48.5. The van der Waals surface area contributed by atoms with E-state index in [4.69, 9.17) is 47.4 Å². The maximum absolute atomic E-state index is 13.5. The molecule has 0 fully saturated rings.